The zero-order valence-corrected chi connectivity index (χ0v) is 16.5. The van der Waals surface area contributed by atoms with Crippen molar-refractivity contribution >= 4 is 0 Å². The third kappa shape index (κ3) is 9.91. The number of ether oxygens (including phenoxy) is 2. The number of unbranched alkanes of at least 4 members (excludes halogenated alkanes) is 11. The number of aliphatic hydroxyl groups is 3. The molecule has 5 nitrogen and oxygen atoms in total. The molecule has 0 saturated carbocycles. The van der Waals surface area contributed by atoms with Crippen molar-refractivity contribution in [3.8, 4) is 0 Å². The van der Waals surface area contributed by atoms with E-state index >= 15 is 0 Å². The standard InChI is InChI=1S/C21H40O5/c1-2-3-4-5-6-7-8-9-10-11-12-13-14-15-25-19-17-26-18(16-22)20(23)21(19)24/h14-15,18-24H,2-13,16-17H2,1H3/b15-14+/t18-,19+,20-,21-/m1/s1. The molecule has 1 heterocycles. The molecule has 26 heavy (non-hydrogen) atoms. The van der Waals surface area contributed by atoms with Crippen molar-refractivity contribution < 1.29 is 24.8 Å². The van der Waals surface area contributed by atoms with E-state index < -0.39 is 24.4 Å². The molecule has 0 unspecified atom stereocenters. The third-order valence-corrected chi connectivity index (χ3v) is 5.09. The van der Waals surface area contributed by atoms with Crippen molar-refractivity contribution in [3.63, 3.8) is 0 Å². The molecule has 1 saturated heterocycles. The van der Waals surface area contributed by atoms with Gasteiger partial charge in [-0.05, 0) is 18.9 Å². The number of rotatable bonds is 15. The first-order chi connectivity index (χ1) is 12.7. The Labute approximate surface area is 159 Å². The molecule has 0 aliphatic carbocycles. The van der Waals surface area contributed by atoms with Gasteiger partial charge in [0, 0.05) is 0 Å². The highest BCUT2D eigenvalue weighted by Crippen LogP contribution is 2.18. The maximum Gasteiger partial charge on any atom is 0.149 e. The molecule has 0 aromatic rings. The molecule has 0 amide bonds. The highest BCUT2D eigenvalue weighted by atomic mass is 16.6. The molecule has 3 N–H and O–H groups in total. The summed E-state index contributed by atoms with van der Waals surface area (Å²) >= 11 is 0. The molecule has 5 heteroatoms. The average molecular weight is 373 g/mol. The van der Waals surface area contributed by atoms with Crippen LogP contribution in [0.25, 0.3) is 0 Å². The minimum atomic E-state index is -1.11. The second-order valence-electron chi connectivity index (χ2n) is 7.41. The van der Waals surface area contributed by atoms with Crippen LogP contribution in [0.5, 0.6) is 0 Å². The number of hydrogen-bond acceptors (Lipinski definition) is 5. The zero-order valence-electron chi connectivity index (χ0n) is 16.5. The summed E-state index contributed by atoms with van der Waals surface area (Å²) in [5.41, 5.74) is 0. The molecular weight excluding hydrogens is 332 g/mol. The Morgan fingerprint density at radius 3 is 2.04 bits per heavy atom. The smallest absolute Gasteiger partial charge is 0.149 e. The molecular formula is C21H40O5. The Balaban J connectivity index is 1.92. The normalized spacial score (nSPS) is 26.5. The second kappa shape index (κ2) is 15.4. The summed E-state index contributed by atoms with van der Waals surface area (Å²) in [6.07, 6.45) is 15.7. The predicted octanol–water partition coefficient (Wildman–Crippen LogP) is 3.70. The maximum absolute atomic E-state index is 9.94. The lowest BCUT2D eigenvalue weighted by Gasteiger charge is -2.36. The molecule has 154 valence electrons. The van der Waals surface area contributed by atoms with Crippen molar-refractivity contribution in [1.29, 1.82) is 0 Å². The Morgan fingerprint density at radius 1 is 0.885 bits per heavy atom. The highest BCUT2D eigenvalue weighted by Gasteiger charge is 2.38. The fourth-order valence-corrected chi connectivity index (χ4v) is 3.29. The van der Waals surface area contributed by atoms with Crippen LogP contribution in [0.1, 0.15) is 84.0 Å². The Hall–Kier alpha value is -0.620. The molecule has 0 radical (unpaired) electrons. The minimum Gasteiger partial charge on any atom is -0.493 e. The molecule has 1 aliphatic rings. The third-order valence-electron chi connectivity index (χ3n) is 5.09. The van der Waals surface area contributed by atoms with Crippen LogP contribution in [0.4, 0.5) is 0 Å². The molecule has 1 aliphatic heterocycles. The van der Waals surface area contributed by atoms with E-state index in [1.807, 2.05) is 6.08 Å². The van der Waals surface area contributed by atoms with Gasteiger partial charge in [0.05, 0.1) is 19.5 Å². The summed E-state index contributed by atoms with van der Waals surface area (Å²) < 4.78 is 10.7. The van der Waals surface area contributed by atoms with Crippen molar-refractivity contribution in [2.75, 3.05) is 13.2 Å². The van der Waals surface area contributed by atoms with Crippen LogP contribution in [0.2, 0.25) is 0 Å². The SMILES string of the molecule is CCCCCCCCCCCCC/C=C/O[C@H]1CO[C@H](CO)[C@@H](O)[C@@H]1O. The first-order valence-electron chi connectivity index (χ1n) is 10.6. The summed E-state index contributed by atoms with van der Waals surface area (Å²) in [5, 5.41) is 28.7. The van der Waals surface area contributed by atoms with E-state index in [2.05, 4.69) is 6.92 Å². The van der Waals surface area contributed by atoms with Crippen LogP contribution < -0.4 is 0 Å². The van der Waals surface area contributed by atoms with Crippen molar-refractivity contribution in [1.82, 2.24) is 0 Å². The number of allylic oxidation sites excluding steroid dienone is 1. The van der Waals surface area contributed by atoms with Gasteiger partial charge in [0.15, 0.2) is 0 Å². The highest BCUT2D eigenvalue weighted by molar-refractivity contribution is 4.89. The van der Waals surface area contributed by atoms with Gasteiger partial charge < -0.3 is 24.8 Å². The Morgan fingerprint density at radius 2 is 1.46 bits per heavy atom. The van der Waals surface area contributed by atoms with Gasteiger partial charge in [0.25, 0.3) is 0 Å². The summed E-state index contributed by atoms with van der Waals surface area (Å²) in [6, 6.07) is 0. The molecule has 0 bridgehead atoms. The van der Waals surface area contributed by atoms with Gasteiger partial charge in [-0.15, -0.1) is 0 Å². The average Bonchev–Trinajstić information content (AvgIpc) is 2.65. The second-order valence-corrected chi connectivity index (χ2v) is 7.41. The monoisotopic (exact) mass is 372 g/mol. The Bertz CT molecular complexity index is 347. The van der Waals surface area contributed by atoms with Crippen LogP contribution in [0.3, 0.4) is 0 Å². The van der Waals surface area contributed by atoms with Crippen LogP contribution >= 0.6 is 0 Å². The lowest BCUT2D eigenvalue weighted by molar-refractivity contribution is -0.196. The fraction of sp³-hybridized carbons (Fsp3) is 0.905. The van der Waals surface area contributed by atoms with Crippen LogP contribution in [-0.4, -0.2) is 52.9 Å². The summed E-state index contributed by atoms with van der Waals surface area (Å²) in [7, 11) is 0. The summed E-state index contributed by atoms with van der Waals surface area (Å²) in [5.74, 6) is 0. The Kier molecular flexibility index (Phi) is 13.9. The van der Waals surface area contributed by atoms with E-state index in [4.69, 9.17) is 14.6 Å². The van der Waals surface area contributed by atoms with Crippen LogP contribution in [-0.2, 0) is 9.47 Å². The van der Waals surface area contributed by atoms with Crippen molar-refractivity contribution in [2.45, 2.75) is 108 Å². The van der Waals surface area contributed by atoms with Gasteiger partial charge in [-0.25, -0.2) is 0 Å². The van der Waals surface area contributed by atoms with Gasteiger partial charge in [0.1, 0.15) is 24.4 Å². The lowest BCUT2D eigenvalue weighted by Crippen LogP contribution is -2.54. The van der Waals surface area contributed by atoms with E-state index in [-0.39, 0.29) is 13.2 Å². The van der Waals surface area contributed by atoms with Gasteiger partial charge in [-0.2, -0.15) is 0 Å². The molecule has 0 aromatic heterocycles. The summed E-state index contributed by atoms with van der Waals surface area (Å²) in [6.45, 7) is 2.12. The molecule has 0 aromatic carbocycles. The summed E-state index contributed by atoms with van der Waals surface area (Å²) in [4.78, 5) is 0. The quantitative estimate of drug-likeness (QED) is 0.302. The van der Waals surface area contributed by atoms with E-state index in [0.29, 0.717) is 0 Å². The topological polar surface area (TPSA) is 79.2 Å². The van der Waals surface area contributed by atoms with E-state index in [9.17, 15) is 10.2 Å². The van der Waals surface area contributed by atoms with Gasteiger partial charge >= 0.3 is 0 Å². The van der Waals surface area contributed by atoms with Crippen molar-refractivity contribution in [3.05, 3.63) is 12.3 Å². The maximum atomic E-state index is 9.94. The minimum absolute atomic E-state index is 0.173. The van der Waals surface area contributed by atoms with E-state index in [1.165, 1.54) is 64.2 Å². The first kappa shape index (κ1) is 23.4. The molecule has 1 rings (SSSR count). The first-order valence-corrected chi connectivity index (χ1v) is 10.6. The van der Waals surface area contributed by atoms with Gasteiger partial charge in [-0.1, -0.05) is 71.1 Å². The molecule has 4 atom stereocenters. The fourth-order valence-electron chi connectivity index (χ4n) is 3.29. The zero-order chi connectivity index (χ0) is 19.0. The van der Waals surface area contributed by atoms with E-state index in [1.54, 1.807) is 6.26 Å². The molecule has 0 spiro atoms. The lowest BCUT2D eigenvalue weighted by atomic mass is 10.0. The van der Waals surface area contributed by atoms with Crippen LogP contribution in [0.15, 0.2) is 12.3 Å². The van der Waals surface area contributed by atoms with E-state index in [0.717, 1.165) is 12.8 Å². The van der Waals surface area contributed by atoms with Crippen molar-refractivity contribution in [2.24, 2.45) is 0 Å². The number of hydrogen-bond donors (Lipinski definition) is 3. The predicted molar refractivity (Wildman–Crippen MR) is 104 cm³/mol. The number of aliphatic hydroxyl groups excluding tert-OH is 3. The largest absolute Gasteiger partial charge is 0.493 e. The van der Waals surface area contributed by atoms with Crippen LogP contribution in [0, 0.1) is 0 Å². The van der Waals surface area contributed by atoms with Gasteiger partial charge in [0.2, 0.25) is 0 Å². The molecule has 1 fully saturated rings. The van der Waals surface area contributed by atoms with Gasteiger partial charge in [-0.3, -0.25) is 0 Å².